The Morgan fingerprint density at radius 2 is 1.87 bits per heavy atom. The van der Waals surface area contributed by atoms with E-state index in [1.807, 2.05) is 6.07 Å². The Labute approximate surface area is 170 Å². The number of hydrogen-bond donors (Lipinski definition) is 4. The zero-order valence-electron chi connectivity index (χ0n) is 15.9. The van der Waals surface area contributed by atoms with E-state index in [-0.39, 0.29) is 6.42 Å². The normalized spacial score (nSPS) is 10.7. The molecule has 0 spiro atoms. The molecule has 0 atom stereocenters. The average Bonchev–Trinajstić information content (AvgIpc) is 3.27. The molecule has 10 heteroatoms. The molecule has 0 fully saturated rings. The summed E-state index contributed by atoms with van der Waals surface area (Å²) in [6.07, 6.45) is 0.0448. The number of nitrogens with two attached hydrogens (primary N) is 1. The third kappa shape index (κ3) is 4.55. The van der Waals surface area contributed by atoms with E-state index in [0.29, 0.717) is 40.1 Å². The number of imidazole rings is 1. The van der Waals surface area contributed by atoms with Gasteiger partial charge < -0.3 is 25.3 Å². The highest BCUT2D eigenvalue weighted by atomic mass is 16.5. The van der Waals surface area contributed by atoms with Gasteiger partial charge in [0.2, 0.25) is 5.91 Å². The molecular weight excluding hydrogens is 388 g/mol. The zero-order chi connectivity index (χ0) is 21.1. The smallest absolute Gasteiger partial charge is 0.324 e. The fraction of sp³-hybridized carbons (Fsp3) is 0.100. The van der Waals surface area contributed by atoms with Crippen LogP contribution in [0.25, 0.3) is 11.0 Å². The van der Waals surface area contributed by atoms with Gasteiger partial charge in [0.15, 0.2) is 5.82 Å². The number of anilines is 2. The summed E-state index contributed by atoms with van der Waals surface area (Å²) in [7, 11) is 0. The number of fused-ring (bicyclic) bond motifs is 1. The van der Waals surface area contributed by atoms with Gasteiger partial charge in [0.05, 0.1) is 17.5 Å². The van der Waals surface area contributed by atoms with Crippen molar-refractivity contribution in [2.75, 3.05) is 10.6 Å². The Balaban J connectivity index is 1.39. The van der Waals surface area contributed by atoms with Crippen LogP contribution in [0.3, 0.4) is 0 Å². The Morgan fingerprint density at radius 3 is 2.57 bits per heavy atom. The first-order chi connectivity index (χ1) is 14.4. The molecule has 0 unspecified atom stereocenters. The molecule has 2 aromatic heterocycles. The fourth-order valence-corrected chi connectivity index (χ4v) is 2.80. The van der Waals surface area contributed by atoms with Crippen LogP contribution in [0.4, 0.5) is 16.3 Å². The van der Waals surface area contributed by atoms with Crippen LogP contribution in [0.2, 0.25) is 0 Å². The van der Waals surface area contributed by atoms with Crippen LogP contribution >= 0.6 is 0 Å². The summed E-state index contributed by atoms with van der Waals surface area (Å²) in [6, 6.07) is 13.4. The fourth-order valence-electron chi connectivity index (χ4n) is 2.80. The van der Waals surface area contributed by atoms with Crippen molar-refractivity contribution in [2.45, 2.75) is 13.3 Å². The molecule has 2 aromatic carbocycles. The lowest BCUT2D eigenvalue weighted by atomic mass is 10.3. The Hall–Kier alpha value is -4.34. The highest BCUT2D eigenvalue weighted by Crippen LogP contribution is 2.26. The number of benzene rings is 2. The molecular formula is C20H18N6O4. The lowest BCUT2D eigenvalue weighted by Gasteiger charge is -2.08. The Bertz CT molecular complexity index is 1210. The van der Waals surface area contributed by atoms with Crippen LogP contribution < -0.4 is 21.1 Å². The van der Waals surface area contributed by atoms with E-state index in [0.717, 1.165) is 5.52 Å². The van der Waals surface area contributed by atoms with Crippen LogP contribution in [0.15, 0.2) is 53.1 Å². The number of carbonyl (C=O) groups excluding carboxylic acids is 2. The van der Waals surface area contributed by atoms with Gasteiger partial charge in [-0.2, -0.15) is 0 Å². The first-order valence-corrected chi connectivity index (χ1v) is 9.01. The van der Waals surface area contributed by atoms with Gasteiger partial charge in [-0.05, 0) is 43.3 Å². The molecule has 0 aliphatic heterocycles. The van der Waals surface area contributed by atoms with Crippen molar-refractivity contribution in [2.24, 2.45) is 5.73 Å². The van der Waals surface area contributed by atoms with Crippen molar-refractivity contribution < 1.29 is 18.8 Å². The highest BCUT2D eigenvalue weighted by molar-refractivity contribution is 5.99. The summed E-state index contributed by atoms with van der Waals surface area (Å²) in [6.45, 7) is 1.73. The third-order valence-corrected chi connectivity index (χ3v) is 4.06. The minimum absolute atomic E-state index is 0.0448. The molecule has 5 N–H and O–H groups in total. The summed E-state index contributed by atoms with van der Waals surface area (Å²) in [5.74, 6) is 2.15. The number of H-pyrrole nitrogens is 1. The largest absolute Gasteiger partial charge is 0.457 e. The lowest BCUT2D eigenvalue weighted by molar-refractivity contribution is -0.117. The number of aromatic amines is 1. The van der Waals surface area contributed by atoms with E-state index >= 15 is 0 Å². The number of rotatable bonds is 6. The Morgan fingerprint density at radius 1 is 1.10 bits per heavy atom. The summed E-state index contributed by atoms with van der Waals surface area (Å²) >= 11 is 0. The maximum absolute atomic E-state index is 12.0. The molecule has 0 saturated heterocycles. The predicted octanol–water partition coefficient (Wildman–Crippen LogP) is 3.32. The number of nitrogens with one attached hydrogen (secondary N) is 3. The average molecular weight is 406 g/mol. The number of primary amides is 1. The van der Waals surface area contributed by atoms with Crippen LogP contribution in [-0.4, -0.2) is 27.1 Å². The quantitative estimate of drug-likeness (QED) is 0.386. The third-order valence-electron chi connectivity index (χ3n) is 4.06. The number of nitrogens with zero attached hydrogens (tertiary/aromatic N) is 2. The number of ether oxygens (including phenoxy) is 1. The van der Waals surface area contributed by atoms with Gasteiger partial charge in [-0.3, -0.25) is 10.1 Å². The maximum atomic E-state index is 12.0. The SMILES string of the molecule is Cc1cc(NC(=O)Nc2ccc(Oc3ccc4[nH]c(CC(N)=O)nc4c3)cc2)no1. The molecule has 10 nitrogen and oxygen atoms in total. The highest BCUT2D eigenvalue weighted by Gasteiger charge is 2.09. The number of amides is 3. The van der Waals surface area contributed by atoms with Crippen molar-refractivity contribution in [3.63, 3.8) is 0 Å². The van der Waals surface area contributed by atoms with Crippen molar-refractivity contribution >= 4 is 34.5 Å². The molecule has 0 bridgehead atoms. The second-order valence-corrected chi connectivity index (χ2v) is 6.53. The van der Waals surface area contributed by atoms with Crippen molar-refractivity contribution in [1.29, 1.82) is 0 Å². The van der Waals surface area contributed by atoms with E-state index in [2.05, 4.69) is 25.8 Å². The van der Waals surface area contributed by atoms with Crippen LogP contribution in [0, 0.1) is 6.92 Å². The second kappa shape index (κ2) is 7.95. The Kier molecular flexibility index (Phi) is 5.04. The number of aryl methyl sites for hydroxylation is 1. The summed E-state index contributed by atoms with van der Waals surface area (Å²) in [4.78, 5) is 30.4. The van der Waals surface area contributed by atoms with Gasteiger partial charge in [-0.15, -0.1) is 0 Å². The number of aromatic nitrogens is 3. The first-order valence-electron chi connectivity index (χ1n) is 9.01. The molecule has 0 aliphatic carbocycles. The topological polar surface area (TPSA) is 148 Å². The predicted molar refractivity (Wildman–Crippen MR) is 109 cm³/mol. The van der Waals surface area contributed by atoms with Crippen molar-refractivity contribution in [3.05, 3.63) is 60.1 Å². The van der Waals surface area contributed by atoms with Gasteiger partial charge >= 0.3 is 6.03 Å². The monoisotopic (exact) mass is 406 g/mol. The van der Waals surface area contributed by atoms with Gasteiger partial charge in [0, 0.05) is 17.8 Å². The molecule has 30 heavy (non-hydrogen) atoms. The molecule has 3 amide bonds. The molecule has 0 radical (unpaired) electrons. The van der Waals surface area contributed by atoms with E-state index in [1.165, 1.54) is 0 Å². The van der Waals surface area contributed by atoms with Crippen LogP contribution in [0.5, 0.6) is 11.5 Å². The maximum Gasteiger partial charge on any atom is 0.324 e. The summed E-state index contributed by atoms with van der Waals surface area (Å²) in [5.41, 5.74) is 7.23. The standard InChI is InChI=1S/C20H18N6O4/c1-11-8-19(26-30-11)25-20(28)22-12-2-4-13(5-3-12)29-14-6-7-15-16(9-14)24-18(23-15)10-17(21)27/h2-9H,10H2,1H3,(H2,21,27)(H,23,24)(H2,22,25,26,28). The van der Waals surface area contributed by atoms with E-state index in [4.69, 9.17) is 15.0 Å². The summed E-state index contributed by atoms with van der Waals surface area (Å²) in [5, 5.41) is 8.96. The van der Waals surface area contributed by atoms with Crippen LogP contribution in [0.1, 0.15) is 11.6 Å². The van der Waals surface area contributed by atoms with Gasteiger partial charge in [-0.1, -0.05) is 5.16 Å². The first kappa shape index (κ1) is 19.0. The number of hydrogen-bond acceptors (Lipinski definition) is 6. The molecule has 4 rings (SSSR count). The lowest BCUT2D eigenvalue weighted by Crippen LogP contribution is -2.19. The van der Waals surface area contributed by atoms with Crippen LogP contribution in [-0.2, 0) is 11.2 Å². The number of urea groups is 1. The zero-order valence-corrected chi connectivity index (χ0v) is 15.9. The van der Waals surface area contributed by atoms with Gasteiger partial charge in [0.1, 0.15) is 23.1 Å². The van der Waals surface area contributed by atoms with Crippen molar-refractivity contribution in [1.82, 2.24) is 15.1 Å². The van der Waals surface area contributed by atoms with E-state index < -0.39 is 11.9 Å². The minimum Gasteiger partial charge on any atom is -0.457 e. The van der Waals surface area contributed by atoms with Crippen molar-refractivity contribution in [3.8, 4) is 11.5 Å². The molecule has 0 saturated carbocycles. The molecule has 0 aliphatic rings. The van der Waals surface area contributed by atoms with Gasteiger partial charge in [-0.25, -0.2) is 9.78 Å². The molecule has 4 aromatic rings. The van der Waals surface area contributed by atoms with Gasteiger partial charge in [0.25, 0.3) is 0 Å². The molecule has 152 valence electrons. The number of carbonyl (C=O) groups is 2. The minimum atomic E-state index is -0.455. The second-order valence-electron chi connectivity index (χ2n) is 6.53. The molecule has 2 heterocycles. The summed E-state index contributed by atoms with van der Waals surface area (Å²) < 4.78 is 10.7. The van der Waals surface area contributed by atoms with E-state index in [9.17, 15) is 9.59 Å². The van der Waals surface area contributed by atoms with E-state index in [1.54, 1.807) is 49.4 Å².